The Hall–Kier alpha value is -1.05. The van der Waals surface area contributed by atoms with Gasteiger partial charge in [0.15, 0.2) is 0 Å². The van der Waals surface area contributed by atoms with E-state index in [-0.39, 0.29) is 0 Å². The fourth-order valence-corrected chi connectivity index (χ4v) is 2.09. The maximum absolute atomic E-state index is 10.3. The van der Waals surface area contributed by atoms with E-state index in [4.69, 9.17) is 5.11 Å². The van der Waals surface area contributed by atoms with Crippen LogP contribution in [0, 0.1) is 0 Å². The Bertz CT molecular complexity index is 267. The smallest absolute Gasteiger partial charge is 0.303 e. The molecule has 2 nitrogen and oxygen atoms in total. The summed E-state index contributed by atoms with van der Waals surface area (Å²) in [5, 5.41) is 8.50. The van der Waals surface area contributed by atoms with E-state index in [0.717, 1.165) is 25.7 Å². The van der Waals surface area contributed by atoms with Crippen LogP contribution in [0.25, 0.3) is 0 Å². The van der Waals surface area contributed by atoms with E-state index < -0.39 is 5.97 Å². The maximum Gasteiger partial charge on any atom is 0.303 e. The van der Waals surface area contributed by atoms with Gasteiger partial charge in [-0.05, 0) is 38.5 Å². The third-order valence-electron chi connectivity index (χ3n) is 3.34. The zero-order chi connectivity index (χ0) is 14.9. The first-order chi connectivity index (χ1) is 9.77. The van der Waals surface area contributed by atoms with E-state index in [0.29, 0.717) is 6.42 Å². The van der Waals surface area contributed by atoms with Crippen molar-refractivity contribution in [2.75, 3.05) is 0 Å². The van der Waals surface area contributed by atoms with Crippen LogP contribution in [0.4, 0.5) is 0 Å². The third-order valence-corrected chi connectivity index (χ3v) is 3.34. The zero-order valence-corrected chi connectivity index (χ0v) is 13.2. The largest absolute Gasteiger partial charge is 0.481 e. The van der Waals surface area contributed by atoms with Crippen LogP contribution >= 0.6 is 0 Å². The Kier molecular flexibility index (Phi) is 15.2. The van der Waals surface area contributed by atoms with Crippen LogP contribution in [0.15, 0.2) is 24.3 Å². The summed E-state index contributed by atoms with van der Waals surface area (Å²) >= 11 is 0. The van der Waals surface area contributed by atoms with E-state index in [2.05, 4.69) is 31.2 Å². The van der Waals surface area contributed by atoms with Crippen LogP contribution in [0.3, 0.4) is 0 Å². The first kappa shape index (κ1) is 18.9. The van der Waals surface area contributed by atoms with Gasteiger partial charge in [-0.1, -0.05) is 63.3 Å². The number of rotatable bonds is 14. The molecule has 20 heavy (non-hydrogen) atoms. The zero-order valence-electron chi connectivity index (χ0n) is 13.2. The van der Waals surface area contributed by atoms with Gasteiger partial charge >= 0.3 is 5.97 Å². The molecule has 0 aromatic heterocycles. The number of allylic oxidation sites excluding steroid dienone is 4. The Balaban J connectivity index is 3.17. The summed E-state index contributed by atoms with van der Waals surface area (Å²) in [6.45, 7) is 2.23. The van der Waals surface area contributed by atoms with Crippen molar-refractivity contribution < 1.29 is 9.90 Å². The number of hydrogen-bond donors (Lipinski definition) is 1. The minimum Gasteiger partial charge on any atom is -0.481 e. The standard InChI is InChI=1S/C18H32O2/c1-2-3-4-5-6-7-8-9-10-11-12-13-14-15-16-17-18(19)20/h6-7,9-10H,2-5,8,11-17H2,1H3,(H,19,20)/i18+1. The molecule has 0 saturated heterocycles. The molecule has 0 atom stereocenters. The van der Waals surface area contributed by atoms with Crippen molar-refractivity contribution in [2.24, 2.45) is 0 Å². The lowest BCUT2D eigenvalue weighted by molar-refractivity contribution is -0.137. The first-order valence-corrected chi connectivity index (χ1v) is 8.29. The maximum atomic E-state index is 10.3. The minimum absolute atomic E-state index is 0.324. The Labute approximate surface area is 125 Å². The summed E-state index contributed by atoms with van der Waals surface area (Å²) < 4.78 is 0. The van der Waals surface area contributed by atoms with Gasteiger partial charge < -0.3 is 5.11 Å². The number of carbonyl (C=O) groups is 1. The van der Waals surface area contributed by atoms with Crippen molar-refractivity contribution in [1.82, 2.24) is 0 Å². The lowest BCUT2D eigenvalue weighted by atomic mass is 10.1. The van der Waals surface area contributed by atoms with Gasteiger partial charge in [-0.3, -0.25) is 4.79 Å². The van der Waals surface area contributed by atoms with Gasteiger partial charge in [-0.2, -0.15) is 0 Å². The van der Waals surface area contributed by atoms with E-state index in [1.165, 1.54) is 44.9 Å². The van der Waals surface area contributed by atoms with Crippen molar-refractivity contribution >= 4 is 5.97 Å². The van der Waals surface area contributed by atoms with Crippen LogP contribution in [-0.4, -0.2) is 11.1 Å². The fourth-order valence-electron chi connectivity index (χ4n) is 2.09. The second kappa shape index (κ2) is 16.0. The summed E-state index contributed by atoms with van der Waals surface area (Å²) in [6.07, 6.45) is 22.3. The molecular formula is C18H32O2. The fraction of sp³-hybridized carbons (Fsp3) is 0.722. The Morgan fingerprint density at radius 3 is 1.95 bits per heavy atom. The predicted octanol–water partition coefficient (Wildman–Crippen LogP) is 5.88. The minimum atomic E-state index is -0.671. The van der Waals surface area contributed by atoms with Crippen LogP contribution in [-0.2, 0) is 4.79 Å². The van der Waals surface area contributed by atoms with Gasteiger partial charge in [0.25, 0.3) is 0 Å². The van der Waals surface area contributed by atoms with Crippen molar-refractivity contribution in [3.63, 3.8) is 0 Å². The normalized spacial score (nSPS) is 11.7. The summed E-state index contributed by atoms with van der Waals surface area (Å²) in [5.41, 5.74) is 0. The predicted molar refractivity (Wildman–Crippen MR) is 87.0 cm³/mol. The highest BCUT2D eigenvalue weighted by atomic mass is 16.5. The number of aliphatic carboxylic acids is 1. The molecule has 2 heteroatoms. The van der Waals surface area contributed by atoms with Gasteiger partial charge in [0.1, 0.15) is 0 Å². The molecule has 0 saturated carbocycles. The van der Waals surface area contributed by atoms with Gasteiger partial charge in [-0.15, -0.1) is 0 Å². The lowest BCUT2D eigenvalue weighted by Crippen LogP contribution is -1.93. The van der Waals surface area contributed by atoms with Gasteiger partial charge in [0, 0.05) is 6.42 Å². The van der Waals surface area contributed by atoms with E-state index in [9.17, 15) is 4.79 Å². The second-order valence-electron chi connectivity index (χ2n) is 5.37. The average Bonchev–Trinajstić information content (AvgIpc) is 2.43. The topological polar surface area (TPSA) is 37.3 Å². The monoisotopic (exact) mass is 281 g/mol. The highest BCUT2D eigenvalue weighted by Crippen LogP contribution is 2.08. The summed E-state index contributed by atoms with van der Waals surface area (Å²) in [6, 6.07) is 0. The van der Waals surface area contributed by atoms with Crippen LogP contribution in [0.2, 0.25) is 0 Å². The summed E-state index contributed by atoms with van der Waals surface area (Å²) in [5.74, 6) is -0.671. The van der Waals surface area contributed by atoms with Crippen molar-refractivity contribution in [2.45, 2.75) is 84.0 Å². The van der Waals surface area contributed by atoms with Crippen molar-refractivity contribution in [3.8, 4) is 0 Å². The molecule has 0 aliphatic heterocycles. The van der Waals surface area contributed by atoms with E-state index in [1.54, 1.807) is 0 Å². The number of carboxylic acid groups (broad SMARTS) is 1. The quantitative estimate of drug-likeness (QED) is 0.245. The Morgan fingerprint density at radius 2 is 1.35 bits per heavy atom. The van der Waals surface area contributed by atoms with E-state index >= 15 is 0 Å². The van der Waals surface area contributed by atoms with Crippen LogP contribution < -0.4 is 0 Å². The van der Waals surface area contributed by atoms with Crippen LogP contribution in [0.5, 0.6) is 0 Å². The molecule has 0 aromatic carbocycles. The highest BCUT2D eigenvalue weighted by molar-refractivity contribution is 5.66. The molecule has 0 heterocycles. The molecule has 0 amide bonds. The van der Waals surface area contributed by atoms with Gasteiger partial charge in [0.2, 0.25) is 0 Å². The summed E-state index contributed by atoms with van der Waals surface area (Å²) in [4.78, 5) is 10.3. The first-order valence-electron chi connectivity index (χ1n) is 8.29. The molecular weight excluding hydrogens is 249 g/mol. The molecule has 0 spiro atoms. The van der Waals surface area contributed by atoms with Gasteiger partial charge in [-0.25, -0.2) is 0 Å². The molecule has 0 aliphatic rings. The summed E-state index contributed by atoms with van der Waals surface area (Å²) in [7, 11) is 0. The molecule has 0 rings (SSSR count). The molecule has 1 N–H and O–H groups in total. The molecule has 0 aliphatic carbocycles. The molecule has 0 radical (unpaired) electrons. The van der Waals surface area contributed by atoms with Crippen LogP contribution in [0.1, 0.15) is 84.0 Å². The number of hydrogen-bond acceptors (Lipinski definition) is 1. The molecule has 0 bridgehead atoms. The lowest BCUT2D eigenvalue weighted by Gasteiger charge is -1.98. The number of carboxylic acids is 1. The third kappa shape index (κ3) is 16.9. The Morgan fingerprint density at radius 1 is 0.800 bits per heavy atom. The van der Waals surface area contributed by atoms with E-state index in [1.807, 2.05) is 0 Å². The SMILES string of the molecule is CCCCCC=CCC=CCCCCCCC[13C](=O)O. The second-order valence-corrected chi connectivity index (χ2v) is 5.37. The van der Waals surface area contributed by atoms with Crippen molar-refractivity contribution in [1.29, 1.82) is 0 Å². The molecule has 0 unspecified atom stereocenters. The highest BCUT2D eigenvalue weighted by Gasteiger charge is 1.95. The number of unbranched alkanes of at least 4 members (excludes halogenated alkanes) is 8. The average molecular weight is 281 g/mol. The van der Waals surface area contributed by atoms with Crippen molar-refractivity contribution in [3.05, 3.63) is 24.3 Å². The molecule has 0 fully saturated rings. The van der Waals surface area contributed by atoms with Gasteiger partial charge in [0.05, 0.1) is 0 Å². The molecule has 0 aromatic rings. The molecule has 116 valence electrons.